The lowest BCUT2D eigenvalue weighted by Crippen LogP contribution is -2.48. The number of nitrogens with zero attached hydrogens (tertiary/aromatic N) is 5. The zero-order valence-corrected chi connectivity index (χ0v) is 16.7. The minimum Gasteiger partial charge on any atom is -0.340 e. The van der Waals surface area contributed by atoms with Gasteiger partial charge in [-0.3, -0.25) is 4.79 Å². The highest BCUT2D eigenvalue weighted by Crippen LogP contribution is 2.25. The number of piperazine rings is 1. The van der Waals surface area contributed by atoms with Crippen LogP contribution in [0.3, 0.4) is 0 Å². The van der Waals surface area contributed by atoms with Gasteiger partial charge in [0.05, 0.1) is 17.3 Å². The predicted molar refractivity (Wildman–Crippen MR) is 116 cm³/mol. The Kier molecular flexibility index (Phi) is 5.57. The molecule has 30 heavy (non-hydrogen) atoms. The van der Waals surface area contributed by atoms with Crippen LogP contribution < -0.4 is 10.2 Å². The Morgan fingerprint density at radius 2 is 1.70 bits per heavy atom. The van der Waals surface area contributed by atoms with Crippen molar-refractivity contribution >= 4 is 23.4 Å². The number of anilines is 3. The predicted octanol–water partition coefficient (Wildman–Crippen LogP) is 3.43. The van der Waals surface area contributed by atoms with Crippen LogP contribution in [0, 0.1) is 11.3 Å². The molecule has 150 valence electrons. The standard InChI is InChI=1S/C23H22N6O/c1-17(30)28-11-13-29(14-12-28)23-26-21(19-5-3-2-4-6-19)15-22(27-23)25-20-9-7-18(16-24)8-10-20/h2-10,15H,11-14H2,1H3,(H,25,26,27). The number of nitriles is 1. The van der Waals surface area contributed by atoms with E-state index >= 15 is 0 Å². The summed E-state index contributed by atoms with van der Waals surface area (Å²) in [4.78, 5) is 25.1. The summed E-state index contributed by atoms with van der Waals surface area (Å²) in [6.07, 6.45) is 0. The highest BCUT2D eigenvalue weighted by Gasteiger charge is 2.21. The van der Waals surface area contributed by atoms with Crippen LogP contribution in [0.15, 0.2) is 60.7 Å². The highest BCUT2D eigenvalue weighted by molar-refractivity contribution is 5.73. The van der Waals surface area contributed by atoms with Gasteiger partial charge in [0.25, 0.3) is 0 Å². The summed E-state index contributed by atoms with van der Waals surface area (Å²) in [7, 11) is 0. The minimum atomic E-state index is 0.0942. The van der Waals surface area contributed by atoms with Crippen molar-refractivity contribution in [2.45, 2.75) is 6.92 Å². The maximum absolute atomic E-state index is 11.6. The topological polar surface area (TPSA) is 85.2 Å². The lowest BCUT2D eigenvalue weighted by Gasteiger charge is -2.34. The third-order valence-corrected chi connectivity index (χ3v) is 5.08. The van der Waals surface area contributed by atoms with E-state index in [9.17, 15) is 4.79 Å². The molecule has 1 aliphatic heterocycles. The molecule has 1 amide bonds. The monoisotopic (exact) mass is 398 g/mol. The molecule has 0 aliphatic carbocycles. The number of hydrogen-bond acceptors (Lipinski definition) is 6. The van der Waals surface area contributed by atoms with Gasteiger partial charge in [-0.1, -0.05) is 30.3 Å². The fourth-order valence-corrected chi connectivity index (χ4v) is 3.39. The van der Waals surface area contributed by atoms with Gasteiger partial charge < -0.3 is 15.1 Å². The second kappa shape index (κ2) is 8.62. The Morgan fingerprint density at radius 3 is 2.33 bits per heavy atom. The van der Waals surface area contributed by atoms with E-state index in [0.717, 1.165) is 16.9 Å². The fourth-order valence-electron chi connectivity index (χ4n) is 3.39. The lowest BCUT2D eigenvalue weighted by atomic mass is 10.1. The largest absolute Gasteiger partial charge is 0.340 e. The van der Waals surface area contributed by atoms with Gasteiger partial charge in [0.15, 0.2) is 0 Å². The SMILES string of the molecule is CC(=O)N1CCN(c2nc(Nc3ccc(C#N)cc3)cc(-c3ccccc3)n2)CC1. The molecular formula is C23H22N6O. The molecule has 0 saturated carbocycles. The van der Waals surface area contributed by atoms with E-state index in [0.29, 0.717) is 43.5 Å². The van der Waals surface area contributed by atoms with E-state index < -0.39 is 0 Å². The molecule has 0 bridgehead atoms. The zero-order chi connectivity index (χ0) is 20.9. The number of rotatable bonds is 4. The first-order chi connectivity index (χ1) is 14.6. The van der Waals surface area contributed by atoms with Crippen LogP contribution in [0.25, 0.3) is 11.3 Å². The summed E-state index contributed by atoms with van der Waals surface area (Å²) >= 11 is 0. The maximum Gasteiger partial charge on any atom is 0.228 e. The van der Waals surface area contributed by atoms with Crippen LogP contribution in [-0.2, 0) is 4.79 Å². The van der Waals surface area contributed by atoms with Crippen molar-refractivity contribution in [2.24, 2.45) is 0 Å². The van der Waals surface area contributed by atoms with Crippen LogP contribution in [0.2, 0.25) is 0 Å². The number of benzene rings is 2. The molecule has 0 spiro atoms. The third kappa shape index (κ3) is 4.39. The molecule has 7 nitrogen and oxygen atoms in total. The van der Waals surface area contributed by atoms with Gasteiger partial charge >= 0.3 is 0 Å². The zero-order valence-electron chi connectivity index (χ0n) is 16.7. The van der Waals surface area contributed by atoms with Gasteiger partial charge in [0.1, 0.15) is 5.82 Å². The Morgan fingerprint density at radius 1 is 1.00 bits per heavy atom. The molecule has 1 N–H and O–H groups in total. The molecule has 1 aromatic heterocycles. The second-order valence-electron chi connectivity index (χ2n) is 7.11. The number of hydrogen-bond donors (Lipinski definition) is 1. The Hall–Kier alpha value is -3.92. The molecule has 7 heteroatoms. The van der Waals surface area contributed by atoms with Gasteiger partial charge in [0, 0.05) is 50.4 Å². The molecule has 1 aliphatic rings. The summed E-state index contributed by atoms with van der Waals surface area (Å²) in [6, 6.07) is 21.3. The van der Waals surface area contributed by atoms with Gasteiger partial charge in [-0.15, -0.1) is 0 Å². The summed E-state index contributed by atoms with van der Waals surface area (Å²) in [5.41, 5.74) is 3.29. The van der Waals surface area contributed by atoms with Crippen LogP contribution in [0.4, 0.5) is 17.5 Å². The molecule has 3 aromatic rings. The molecule has 0 radical (unpaired) electrons. The number of aromatic nitrogens is 2. The highest BCUT2D eigenvalue weighted by atomic mass is 16.2. The molecule has 2 heterocycles. The van der Waals surface area contributed by atoms with E-state index in [-0.39, 0.29) is 5.91 Å². The van der Waals surface area contributed by atoms with Crippen molar-refractivity contribution in [3.8, 4) is 17.3 Å². The third-order valence-electron chi connectivity index (χ3n) is 5.08. The molecule has 1 saturated heterocycles. The van der Waals surface area contributed by atoms with E-state index in [1.165, 1.54) is 0 Å². The summed E-state index contributed by atoms with van der Waals surface area (Å²) in [5, 5.41) is 12.3. The van der Waals surface area contributed by atoms with Gasteiger partial charge in [-0.05, 0) is 24.3 Å². The van der Waals surface area contributed by atoms with Crippen LogP contribution in [0.1, 0.15) is 12.5 Å². The average molecular weight is 398 g/mol. The van der Waals surface area contributed by atoms with Gasteiger partial charge in [-0.25, -0.2) is 4.98 Å². The van der Waals surface area contributed by atoms with Crippen molar-refractivity contribution in [3.05, 3.63) is 66.2 Å². The first-order valence-corrected chi connectivity index (χ1v) is 9.84. The average Bonchev–Trinajstić information content (AvgIpc) is 2.80. The summed E-state index contributed by atoms with van der Waals surface area (Å²) < 4.78 is 0. The normalized spacial score (nSPS) is 13.6. The smallest absolute Gasteiger partial charge is 0.228 e. The minimum absolute atomic E-state index is 0.0942. The Bertz CT molecular complexity index is 1070. The molecule has 0 atom stereocenters. The maximum atomic E-state index is 11.6. The Balaban J connectivity index is 1.64. The molecule has 2 aromatic carbocycles. The van der Waals surface area contributed by atoms with Crippen LogP contribution >= 0.6 is 0 Å². The van der Waals surface area contributed by atoms with Crippen LogP contribution in [-0.4, -0.2) is 47.0 Å². The summed E-state index contributed by atoms with van der Waals surface area (Å²) in [6.45, 7) is 4.29. The summed E-state index contributed by atoms with van der Waals surface area (Å²) in [5.74, 6) is 1.41. The number of carbonyl (C=O) groups is 1. The first-order valence-electron chi connectivity index (χ1n) is 9.84. The molecule has 4 rings (SSSR count). The van der Waals surface area contributed by atoms with E-state index in [2.05, 4.69) is 16.3 Å². The van der Waals surface area contributed by atoms with E-state index in [1.807, 2.05) is 53.4 Å². The van der Waals surface area contributed by atoms with Gasteiger partial charge in [-0.2, -0.15) is 10.2 Å². The second-order valence-corrected chi connectivity index (χ2v) is 7.11. The van der Waals surface area contributed by atoms with E-state index in [4.69, 9.17) is 15.2 Å². The molecular weight excluding hydrogens is 376 g/mol. The first kappa shape index (κ1) is 19.4. The number of carbonyl (C=O) groups excluding carboxylic acids is 1. The van der Waals surface area contributed by atoms with Crippen LogP contribution in [0.5, 0.6) is 0 Å². The van der Waals surface area contributed by atoms with Crippen molar-refractivity contribution < 1.29 is 4.79 Å². The van der Waals surface area contributed by atoms with E-state index in [1.54, 1.807) is 19.1 Å². The van der Waals surface area contributed by atoms with Gasteiger partial charge in [0.2, 0.25) is 11.9 Å². The molecule has 1 fully saturated rings. The van der Waals surface area contributed by atoms with Crippen molar-refractivity contribution in [1.29, 1.82) is 5.26 Å². The van der Waals surface area contributed by atoms with Crippen molar-refractivity contribution in [2.75, 3.05) is 36.4 Å². The number of amides is 1. The van der Waals surface area contributed by atoms with Crippen molar-refractivity contribution in [3.63, 3.8) is 0 Å². The fraction of sp³-hybridized carbons (Fsp3) is 0.217. The quantitative estimate of drug-likeness (QED) is 0.725. The Labute approximate surface area is 175 Å². The molecule has 0 unspecified atom stereocenters. The number of nitrogens with one attached hydrogen (secondary N) is 1. The lowest BCUT2D eigenvalue weighted by molar-refractivity contribution is -0.129. The van der Waals surface area contributed by atoms with Crippen molar-refractivity contribution in [1.82, 2.24) is 14.9 Å².